The molecule has 0 aromatic carbocycles. The predicted octanol–water partition coefficient (Wildman–Crippen LogP) is -8.83. The molecule has 9 heteroatoms. The van der Waals surface area contributed by atoms with Crippen molar-refractivity contribution in [1.82, 2.24) is 10.6 Å². The average molecular weight is 234 g/mol. The molecule has 2 N–H and O–H groups in total. The minimum atomic E-state index is -2.33. The van der Waals surface area contributed by atoms with Crippen molar-refractivity contribution in [3.63, 3.8) is 0 Å². The van der Waals surface area contributed by atoms with E-state index in [1.165, 1.54) is 0 Å². The molecule has 1 heterocycles. The van der Waals surface area contributed by atoms with Gasteiger partial charge in [0.15, 0.2) is 0 Å². The van der Waals surface area contributed by atoms with E-state index in [4.69, 9.17) is 15.0 Å². The van der Waals surface area contributed by atoms with Crippen molar-refractivity contribution in [2.24, 2.45) is 0 Å². The van der Waals surface area contributed by atoms with Gasteiger partial charge in [0.1, 0.15) is 5.54 Å². The van der Waals surface area contributed by atoms with E-state index in [0.29, 0.717) is 0 Å². The van der Waals surface area contributed by atoms with Crippen molar-refractivity contribution >= 4 is 18.1 Å². The first-order valence-electron chi connectivity index (χ1n) is 3.27. The van der Waals surface area contributed by atoms with E-state index in [-0.39, 0.29) is 65.0 Å². The Bertz CT molecular complexity index is 252. The van der Waals surface area contributed by atoms with Crippen molar-refractivity contribution in [3.8, 4) is 0 Å². The van der Waals surface area contributed by atoms with Gasteiger partial charge < -0.3 is 20.3 Å². The molecule has 1 fully saturated rings. The van der Waals surface area contributed by atoms with Crippen LogP contribution in [0.15, 0.2) is 0 Å². The van der Waals surface area contributed by atoms with E-state index in [9.17, 15) is 9.59 Å². The van der Waals surface area contributed by atoms with Crippen molar-refractivity contribution in [2.75, 3.05) is 0 Å². The van der Waals surface area contributed by atoms with Crippen molar-refractivity contribution in [3.05, 3.63) is 0 Å². The summed E-state index contributed by atoms with van der Waals surface area (Å²) in [7, 11) is 0. The molecule has 0 atom stereocenters. The number of hydrogen-bond donors (Lipinski definition) is 2. The number of rotatable bonds is 0. The minimum Gasteiger partial charge on any atom is -0.652 e. The first-order chi connectivity index (χ1) is 5.75. The molecule has 15 heavy (non-hydrogen) atoms. The zero-order valence-corrected chi connectivity index (χ0v) is 13.0. The molecule has 0 aromatic rings. The molecule has 0 aliphatic carbocycles. The molecule has 0 radical (unpaired) electrons. The van der Waals surface area contributed by atoms with Gasteiger partial charge in [0, 0.05) is 0 Å². The van der Waals surface area contributed by atoms with Crippen LogP contribution in [-0.4, -0.2) is 23.6 Å². The number of hydrogen-bond acceptors (Lipinski definition) is 5. The second-order valence-corrected chi connectivity index (χ2v) is 2.78. The number of amides is 3. The Morgan fingerprint density at radius 3 is 1.60 bits per heavy atom. The molecule has 7 nitrogen and oxygen atoms in total. The first kappa shape index (κ1) is 20.6. The summed E-state index contributed by atoms with van der Waals surface area (Å²) >= 11 is 0. The van der Waals surface area contributed by atoms with Crippen LogP contribution in [0.5, 0.6) is 0 Å². The molecule has 0 spiro atoms. The third-order valence-electron chi connectivity index (χ3n) is 1.22. The maximum Gasteiger partial charge on any atom is 1.00 e. The Balaban J connectivity index is -0.000000213. The van der Waals surface area contributed by atoms with Crippen LogP contribution >= 0.6 is 0 Å². The van der Waals surface area contributed by atoms with E-state index in [2.05, 4.69) is 10.6 Å². The van der Waals surface area contributed by atoms with Gasteiger partial charge in [-0.25, -0.2) is 4.79 Å². The predicted molar refractivity (Wildman–Crippen MR) is 36.1 cm³/mol. The van der Waals surface area contributed by atoms with E-state index in [1.807, 2.05) is 0 Å². The van der Waals surface area contributed by atoms with Crippen molar-refractivity contribution in [1.29, 1.82) is 0 Å². The van der Waals surface area contributed by atoms with Gasteiger partial charge in [0.05, 0.1) is 0 Å². The summed E-state index contributed by atoms with van der Waals surface area (Å²) in [6.45, 7) is 3.29. The van der Waals surface area contributed by atoms with Crippen molar-refractivity contribution in [2.45, 2.75) is 19.4 Å². The Kier molecular flexibility index (Phi) is 11.5. The second kappa shape index (κ2) is 8.37. The van der Waals surface area contributed by atoms with E-state index in [0.717, 1.165) is 0 Å². The minimum absolute atomic E-state index is 0. The fraction of sp³-hybridized carbons (Fsp3) is 0.500. The standard InChI is InChI=1S/C5H8N2O2.CH2O3.2Na/c1-5(2)3(8)6-4(9)7-5;2-1(3)4;;/h1-2H3,(H2,6,7,8,9);(H2,2,3,4);;/q;;2*+1/p-2. The van der Waals surface area contributed by atoms with Crippen LogP contribution in [0.1, 0.15) is 13.8 Å². The second-order valence-electron chi connectivity index (χ2n) is 2.78. The smallest absolute Gasteiger partial charge is 0.652 e. The van der Waals surface area contributed by atoms with Gasteiger partial charge in [-0.1, -0.05) is 0 Å². The maximum atomic E-state index is 10.7. The molecule has 74 valence electrons. The SMILES string of the molecule is CC1(C)NC(=O)NC1=O.O=C([O-])[O-].[Na+].[Na+]. The van der Waals surface area contributed by atoms with Crippen LogP contribution in [-0.2, 0) is 4.79 Å². The molecule has 1 aliphatic heterocycles. The molecule has 0 bridgehead atoms. The topological polar surface area (TPSA) is 121 Å². The van der Waals surface area contributed by atoms with Gasteiger partial charge in [-0.3, -0.25) is 10.1 Å². The third-order valence-corrected chi connectivity index (χ3v) is 1.22. The van der Waals surface area contributed by atoms with Crippen LogP contribution in [0.25, 0.3) is 0 Å². The van der Waals surface area contributed by atoms with Crippen LogP contribution < -0.4 is 80.0 Å². The number of carbonyl (C=O) groups is 3. The summed E-state index contributed by atoms with van der Waals surface area (Å²) < 4.78 is 0. The van der Waals surface area contributed by atoms with Crippen molar-refractivity contribution < 1.29 is 83.7 Å². The molecule has 0 aromatic heterocycles. The monoisotopic (exact) mass is 234 g/mol. The van der Waals surface area contributed by atoms with Gasteiger partial charge >= 0.3 is 65.1 Å². The van der Waals surface area contributed by atoms with Crippen LogP contribution in [0.3, 0.4) is 0 Å². The van der Waals surface area contributed by atoms with Crippen LogP contribution in [0.2, 0.25) is 0 Å². The van der Waals surface area contributed by atoms with Gasteiger partial charge in [0.25, 0.3) is 5.91 Å². The summed E-state index contributed by atoms with van der Waals surface area (Å²) in [5, 5.41) is 21.2. The number of urea groups is 1. The van der Waals surface area contributed by atoms with E-state index in [1.54, 1.807) is 13.8 Å². The van der Waals surface area contributed by atoms with Gasteiger partial charge in [-0.05, 0) is 20.0 Å². The number of carbonyl (C=O) groups excluding carboxylic acids is 3. The Morgan fingerprint density at radius 1 is 1.20 bits per heavy atom. The van der Waals surface area contributed by atoms with E-state index < -0.39 is 17.7 Å². The first-order valence-corrected chi connectivity index (χ1v) is 3.27. The molecule has 1 saturated heterocycles. The Labute approximate surface area is 131 Å². The Morgan fingerprint density at radius 2 is 1.53 bits per heavy atom. The number of imide groups is 1. The van der Waals surface area contributed by atoms with Crippen LogP contribution in [0, 0.1) is 0 Å². The summed E-state index contributed by atoms with van der Waals surface area (Å²) in [6, 6.07) is -0.412. The van der Waals surface area contributed by atoms with Gasteiger partial charge in [0.2, 0.25) is 0 Å². The Hall–Kier alpha value is 0.210. The molecule has 3 amide bonds. The molecule has 0 saturated carbocycles. The van der Waals surface area contributed by atoms with Gasteiger partial charge in [-0.15, -0.1) is 0 Å². The zero-order chi connectivity index (χ0) is 10.6. The molecule has 0 unspecified atom stereocenters. The normalized spacial score (nSPS) is 15.6. The maximum absolute atomic E-state index is 10.7. The quantitative estimate of drug-likeness (QED) is 0.318. The number of carboxylic acid groups (broad SMARTS) is 2. The summed E-state index contributed by atoms with van der Waals surface area (Å²) in [6.07, 6.45) is -2.33. The average Bonchev–Trinajstić information content (AvgIpc) is 2.02. The molecule has 1 aliphatic rings. The van der Waals surface area contributed by atoms with Crippen LogP contribution in [0.4, 0.5) is 9.59 Å². The largest absolute Gasteiger partial charge is 1.00 e. The summed E-state index contributed by atoms with van der Waals surface area (Å²) in [5.41, 5.74) is -0.725. The zero-order valence-electron chi connectivity index (χ0n) is 9.04. The summed E-state index contributed by atoms with van der Waals surface area (Å²) in [4.78, 5) is 29.5. The molecule has 1 rings (SSSR count). The third kappa shape index (κ3) is 9.16. The van der Waals surface area contributed by atoms with E-state index >= 15 is 0 Å². The number of nitrogens with one attached hydrogen (secondary N) is 2. The fourth-order valence-electron chi connectivity index (χ4n) is 0.631. The summed E-state index contributed by atoms with van der Waals surface area (Å²) in [5.74, 6) is -0.271. The molecular weight excluding hydrogens is 226 g/mol. The molecular formula is C6H8N2Na2O5. The fourth-order valence-corrected chi connectivity index (χ4v) is 0.631. The van der Waals surface area contributed by atoms with Gasteiger partial charge in [-0.2, -0.15) is 0 Å².